The maximum absolute atomic E-state index is 11.0. The first-order valence-electron chi connectivity index (χ1n) is 3.55. The quantitative estimate of drug-likeness (QED) is 0.600. The molecule has 0 atom stereocenters. The molecule has 0 fully saturated rings. The molecule has 1 heterocycles. The van der Waals surface area contributed by atoms with E-state index in [0.29, 0.717) is 0 Å². The average Bonchev–Trinajstić information content (AvgIpc) is 2.17. The first-order valence-corrected chi connectivity index (χ1v) is 4.13. The van der Waals surface area contributed by atoms with Crippen LogP contribution in [0.25, 0.3) is 0 Å². The molecule has 5 heteroatoms. The van der Waals surface area contributed by atoms with Gasteiger partial charge in [0.1, 0.15) is 0 Å². The molecule has 4 nitrogen and oxygen atoms in total. The van der Waals surface area contributed by atoms with Crippen molar-refractivity contribution in [3.8, 4) is 0 Å². The molecule has 1 rings (SSSR count). The summed E-state index contributed by atoms with van der Waals surface area (Å²) in [6.45, 7) is 1.95. The summed E-state index contributed by atoms with van der Waals surface area (Å²) >= 11 is 1.14. The second-order valence-electron chi connectivity index (χ2n) is 2.18. The molecule has 12 heavy (non-hydrogen) atoms. The van der Waals surface area contributed by atoms with E-state index >= 15 is 0 Å². The number of nitrogens with zero attached hydrogens (tertiary/aromatic N) is 2. The zero-order valence-corrected chi connectivity index (χ0v) is 8.19. The van der Waals surface area contributed by atoms with Crippen molar-refractivity contribution in [2.45, 2.75) is 13.3 Å². The number of carbonyl (C=O) groups is 1. The molecule has 0 unspecified atom stereocenters. The molecule has 1 radical (unpaired) electrons. The highest BCUT2D eigenvalue weighted by molar-refractivity contribution is 6.08. The topological polar surface area (TPSA) is 52.1 Å². The Balaban J connectivity index is 2.93. The third kappa shape index (κ3) is 2.03. The van der Waals surface area contributed by atoms with Gasteiger partial charge in [-0.25, -0.2) is 9.78 Å². The van der Waals surface area contributed by atoms with Crippen LogP contribution < -0.4 is 0 Å². The van der Waals surface area contributed by atoms with Crippen LogP contribution in [0.5, 0.6) is 0 Å². The number of hydrogen-bond acceptors (Lipinski definition) is 4. The van der Waals surface area contributed by atoms with Crippen LogP contribution in [0, 0.1) is 0 Å². The van der Waals surface area contributed by atoms with Gasteiger partial charge in [0, 0.05) is 6.20 Å². The number of aryl methyl sites for hydroxylation is 1. The first kappa shape index (κ1) is 9.17. The molecule has 1 aromatic rings. The minimum absolute atomic E-state index is 0.268. The third-order valence-electron chi connectivity index (χ3n) is 1.39. The molecule has 0 saturated carbocycles. The lowest BCUT2D eigenvalue weighted by Crippen LogP contribution is -2.07. The van der Waals surface area contributed by atoms with E-state index in [1.54, 1.807) is 6.20 Å². The van der Waals surface area contributed by atoms with Crippen molar-refractivity contribution in [3.63, 3.8) is 0 Å². The van der Waals surface area contributed by atoms with Crippen LogP contribution in [-0.4, -0.2) is 32.6 Å². The van der Waals surface area contributed by atoms with E-state index < -0.39 is 5.97 Å². The Morgan fingerprint density at radius 2 is 2.42 bits per heavy atom. The van der Waals surface area contributed by atoms with Gasteiger partial charge in [0.05, 0.1) is 11.9 Å². The van der Waals surface area contributed by atoms with Gasteiger partial charge in [-0.15, -0.1) is 0 Å². The zero-order chi connectivity index (χ0) is 8.97. The fourth-order valence-corrected chi connectivity index (χ4v) is 0.897. The van der Waals surface area contributed by atoms with Gasteiger partial charge < -0.3 is 3.79 Å². The maximum Gasteiger partial charge on any atom is 0.497 e. The fourth-order valence-electron chi connectivity index (χ4n) is 0.749. The molecule has 0 aliphatic rings. The van der Waals surface area contributed by atoms with Crippen molar-refractivity contribution in [1.82, 2.24) is 9.97 Å². The molecular weight excluding hydrogens is 171 g/mol. The molecule has 0 aliphatic heterocycles. The molecule has 0 bridgehead atoms. The lowest BCUT2D eigenvalue weighted by molar-refractivity contribution is 0.0742. The normalized spacial score (nSPS) is 9.42. The van der Waals surface area contributed by atoms with Crippen LogP contribution in [0.3, 0.4) is 0 Å². The summed E-state index contributed by atoms with van der Waals surface area (Å²) < 4.78 is 4.52. The molecule has 0 spiro atoms. The standard InChI is InChI=1S/C7H8N2O2.Al.H/c1-2-5-3-8-4-6(9-5)7(10)11;;/h3-4H,2H2,1H3,(H,10,11);;/q;+1;/p-1. The number of rotatable bonds is 2. The minimum atomic E-state index is -0.434. The lowest BCUT2D eigenvalue weighted by atomic mass is 10.3. The lowest BCUT2D eigenvalue weighted by Gasteiger charge is -2.00. The van der Waals surface area contributed by atoms with Gasteiger partial charge in [-0.1, -0.05) is 6.92 Å². The average molecular weight is 179 g/mol. The summed E-state index contributed by atoms with van der Waals surface area (Å²) in [5.74, 6) is -0.434. The van der Waals surface area contributed by atoms with E-state index in [4.69, 9.17) is 0 Å². The van der Waals surface area contributed by atoms with Gasteiger partial charge in [0.2, 0.25) is 0 Å². The number of aromatic nitrogens is 2. The van der Waals surface area contributed by atoms with Crippen molar-refractivity contribution in [1.29, 1.82) is 0 Å². The summed E-state index contributed by atoms with van der Waals surface area (Å²) in [6, 6.07) is 0. The van der Waals surface area contributed by atoms with Gasteiger partial charge >= 0.3 is 22.6 Å². The van der Waals surface area contributed by atoms with Gasteiger partial charge in [0.25, 0.3) is 0 Å². The number of carbonyl (C=O) groups excluding carboxylic acids is 1. The van der Waals surface area contributed by atoms with Gasteiger partial charge in [-0.3, -0.25) is 4.98 Å². The highest BCUT2D eigenvalue weighted by Crippen LogP contribution is 1.98. The monoisotopic (exact) mass is 179 g/mol. The van der Waals surface area contributed by atoms with E-state index in [9.17, 15) is 4.79 Å². The van der Waals surface area contributed by atoms with Gasteiger partial charge in [0.15, 0.2) is 5.69 Å². The Bertz CT molecular complexity index is 290. The van der Waals surface area contributed by atoms with Crippen LogP contribution in [-0.2, 0) is 10.2 Å². The highest BCUT2D eigenvalue weighted by Gasteiger charge is 2.05. The van der Waals surface area contributed by atoms with Crippen LogP contribution in [0.4, 0.5) is 0 Å². The van der Waals surface area contributed by atoms with E-state index in [1.165, 1.54) is 6.20 Å². The van der Waals surface area contributed by atoms with Crippen LogP contribution >= 0.6 is 0 Å². The Labute approximate surface area is 78.7 Å². The second-order valence-corrected chi connectivity index (χ2v) is 2.47. The van der Waals surface area contributed by atoms with Crippen molar-refractivity contribution in [2.24, 2.45) is 0 Å². The summed E-state index contributed by atoms with van der Waals surface area (Å²) in [4.78, 5) is 18.9. The van der Waals surface area contributed by atoms with E-state index in [2.05, 4.69) is 13.8 Å². The molecule has 0 saturated heterocycles. The van der Waals surface area contributed by atoms with Crippen molar-refractivity contribution >= 4 is 22.6 Å². The molecule has 0 aliphatic carbocycles. The summed E-state index contributed by atoms with van der Waals surface area (Å²) in [6.07, 6.45) is 3.80. The summed E-state index contributed by atoms with van der Waals surface area (Å²) in [5.41, 5.74) is 1.06. The SMILES string of the molecule is CCc1cncc(C(=O)[O][AlH])n1. The molecule has 61 valence electrons. The highest BCUT2D eigenvalue weighted by atomic mass is 27.1. The smallest absolute Gasteiger partial charge is 0.497 e. The summed E-state index contributed by atoms with van der Waals surface area (Å²) in [5, 5.41) is 0. The Morgan fingerprint density at radius 3 is 3.00 bits per heavy atom. The van der Waals surface area contributed by atoms with Crippen LogP contribution in [0.15, 0.2) is 12.4 Å². The Morgan fingerprint density at radius 1 is 1.67 bits per heavy atom. The maximum atomic E-state index is 11.0. The largest absolute Gasteiger partial charge is 0.620 e. The predicted octanol–water partition coefficient (Wildman–Crippen LogP) is 0.0116. The zero-order valence-electron chi connectivity index (χ0n) is 6.78. The predicted molar refractivity (Wildman–Crippen MR) is 44.0 cm³/mol. The van der Waals surface area contributed by atoms with E-state index in [0.717, 1.165) is 28.7 Å². The second kappa shape index (κ2) is 4.19. The van der Waals surface area contributed by atoms with E-state index in [-0.39, 0.29) is 5.69 Å². The Kier molecular flexibility index (Phi) is 3.21. The molecular formula is C7H8AlN2O2. The first-order chi connectivity index (χ1) is 5.77. The van der Waals surface area contributed by atoms with Gasteiger partial charge in [-0.2, -0.15) is 0 Å². The third-order valence-corrected chi connectivity index (χ3v) is 1.65. The van der Waals surface area contributed by atoms with Crippen molar-refractivity contribution < 1.29 is 8.58 Å². The van der Waals surface area contributed by atoms with Crippen LogP contribution in [0.2, 0.25) is 0 Å². The van der Waals surface area contributed by atoms with Crippen molar-refractivity contribution in [3.05, 3.63) is 23.8 Å². The van der Waals surface area contributed by atoms with Crippen LogP contribution in [0.1, 0.15) is 23.1 Å². The Hall–Kier alpha value is -0.918. The minimum Gasteiger partial charge on any atom is -0.620 e. The molecule has 0 aromatic carbocycles. The van der Waals surface area contributed by atoms with Gasteiger partial charge in [-0.05, 0) is 6.42 Å². The van der Waals surface area contributed by atoms with Crippen molar-refractivity contribution in [2.75, 3.05) is 0 Å². The molecule has 0 N–H and O–H groups in total. The number of hydrogen-bond donors (Lipinski definition) is 0. The molecule has 1 aromatic heterocycles. The molecule has 0 amide bonds. The fraction of sp³-hybridized carbons (Fsp3) is 0.286. The van der Waals surface area contributed by atoms with E-state index in [1.807, 2.05) is 6.92 Å². The summed E-state index contributed by atoms with van der Waals surface area (Å²) in [7, 11) is 0.